The zero-order valence-electron chi connectivity index (χ0n) is 16.9. The number of nitrogens with one attached hydrogen (secondary N) is 2. The lowest BCUT2D eigenvalue weighted by molar-refractivity contribution is -0.117. The molecule has 2 aromatic heterocycles. The molecular formula is C21H19N7O3. The predicted octanol–water partition coefficient (Wildman–Crippen LogP) is 2.06. The van der Waals surface area contributed by atoms with Crippen molar-refractivity contribution >= 4 is 34.7 Å². The first-order valence-corrected chi connectivity index (χ1v) is 9.75. The molecule has 1 saturated carbocycles. The Morgan fingerprint density at radius 3 is 2.77 bits per heavy atom. The van der Waals surface area contributed by atoms with Crippen LogP contribution in [-0.4, -0.2) is 38.7 Å². The molecule has 0 radical (unpaired) electrons. The van der Waals surface area contributed by atoms with Gasteiger partial charge in [-0.1, -0.05) is 6.07 Å². The van der Waals surface area contributed by atoms with Crippen molar-refractivity contribution in [2.24, 2.45) is 13.0 Å². The van der Waals surface area contributed by atoms with Gasteiger partial charge in [-0.05, 0) is 25.0 Å². The van der Waals surface area contributed by atoms with Crippen molar-refractivity contribution in [2.75, 3.05) is 17.4 Å². The minimum Gasteiger partial charge on any atom is -0.494 e. The van der Waals surface area contributed by atoms with E-state index in [9.17, 15) is 9.59 Å². The summed E-state index contributed by atoms with van der Waals surface area (Å²) in [6.45, 7) is 0. The van der Waals surface area contributed by atoms with E-state index in [1.165, 1.54) is 0 Å². The summed E-state index contributed by atoms with van der Waals surface area (Å²) in [5, 5.41) is 8.91. The molecule has 1 fully saturated rings. The van der Waals surface area contributed by atoms with E-state index in [-0.39, 0.29) is 17.5 Å². The number of benzene rings is 1. The Morgan fingerprint density at radius 1 is 1.26 bits per heavy atom. The highest BCUT2D eigenvalue weighted by molar-refractivity contribution is 6.00. The van der Waals surface area contributed by atoms with Gasteiger partial charge in [-0.3, -0.25) is 19.9 Å². The van der Waals surface area contributed by atoms with Crippen molar-refractivity contribution in [3.63, 3.8) is 0 Å². The molecule has 10 heteroatoms. The Hall–Kier alpha value is -4.17. The fourth-order valence-electron chi connectivity index (χ4n) is 3.52. The molecule has 3 aromatic rings. The molecule has 0 saturated heterocycles. The van der Waals surface area contributed by atoms with Gasteiger partial charge in [0.2, 0.25) is 5.91 Å². The van der Waals surface area contributed by atoms with Crippen LogP contribution in [0.3, 0.4) is 0 Å². The third-order valence-electron chi connectivity index (χ3n) is 5.20. The van der Waals surface area contributed by atoms with Gasteiger partial charge in [-0.15, -0.1) is 0 Å². The number of hydrogen-bond acceptors (Lipinski definition) is 8. The van der Waals surface area contributed by atoms with Crippen LogP contribution in [0.15, 0.2) is 36.8 Å². The van der Waals surface area contributed by atoms with Gasteiger partial charge in [0, 0.05) is 25.2 Å². The predicted molar refractivity (Wildman–Crippen MR) is 113 cm³/mol. The molecule has 1 aliphatic carbocycles. The van der Waals surface area contributed by atoms with Crippen LogP contribution in [0.1, 0.15) is 18.4 Å². The van der Waals surface area contributed by atoms with Crippen molar-refractivity contribution in [1.82, 2.24) is 25.2 Å². The number of hydrazine groups is 1. The Kier molecular flexibility index (Phi) is 4.41. The molecule has 0 unspecified atom stereocenters. The maximum absolute atomic E-state index is 12.2. The van der Waals surface area contributed by atoms with Crippen LogP contribution in [0.2, 0.25) is 0 Å². The average molecular weight is 417 g/mol. The summed E-state index contributed by atoms with van der Waals surface area (Å²) in [7, 11) is 3.35. The third-order valence-corrected chi connectivity index (χ3v) is 5.20. The molecule has 0 spiro atoms. The lowest BCUT2D eigenvalue weighted by Crippen LogP contribution is -2.27. The standard InChI is InChI=1S/C21H19N7O3/c1-27-11-23-20(26-27)13-4-3-5-16(19(13)31-2)28-17-8-18(24-21(30)12-6-7-12)22-9-14(17)15(10-29)25-28/h3-5,8-9,11-12,25H,6-7H2,1-2H3,(H,22,24,30). The third kappa shape index (κ3) is 3.28. The molecule has 10 nitrogen and oxygen atoms in total. The monoisotopic (exact) mass is 417 g/mol. The van der Waals surface area contributed by atoms with Gasteiger partial charge in [-0.25, -0.2) is 14.8 Å². The average Bonchev–Trinajstić information content (AvgIpc) is 3.45. The Labute approximate surface area is 177 Å². The number of ether oxygens (including phenoxy) is 1. The number of nitrogens with zero attached hydrogens (tertiary/aromatic N) is 5. The minimum absolute atomic E-state index is 0.0445. The molecule has 1 aliphatic heterocycles. The quantitative estimate of drug-likeness (QED) is 0.607. The summed E-state index contributed by atoms with van der Waals surface area (Å²) in [4.78, 5) is 32.3. The van der Waals surface area contributed by atoms with Gasteiger partial charge in [0.1, 0.15) is 23.5 Å². The van der Waals surface area contributed by atoms with E-state index < -0.39 is 0 Å². The summed E-state index contributed by atoms with van der Waals surface area (Å²) < 4.78 is 7.32. The topological polar surface area (TPSA) is 114 Å². The fraction of sp³-hybridized carbons (Fsp3) is 0.238. The van der Waals surface area contributed by atoms with E-state index in [2.05, 4.69) is 25.8 Å². The van der Waals surface area contributed by atoms with E-state index >= 15 is 0 Å². The summed E-state index contributed by atoms with van der Waals surface area (Å²) in [6, 6.07) is 7.28. The van der Waals surface area contributed by atoms with Crippen LogP contribution in [-0.2, 0) is 16.6 Å². The van der Waals surface area contributed by atoms with Crippen molar-refractivity contribution in [2.45, 2.75) is 12.8 Å². The van der Waals surface area contributed by atoms with Gasteiger partial charge < -0.3 is 10.1 Å². The van der Waals surface area contributed by atoms with Gasteiger partial charge in [0.25, 0.3) is 0 Å². The van der Waals surface area contributed by atoms with Crippen molar-refractivity contribution in [1.29, 1.82) is 0 Å². The Morgan fingerprint density at radius 2 is 2.10 bits per heavy atom. The van der Waals surface area contributed by atoms with Crippen molar-refractivity contribution in [3.8, 4) is 17.1 Å². The Balaban J connectivity index is 1.59. The summed E-state index contributed by atoms with van der Waals surface area (Å²) in [5.74, 6) is 3.38. The van der Waals surface area contributed by atoms with Crippen molar-refractivity contribution < 1.29 is 14.3 Å². The normalized spacial score (nSPS) is 14.6. The molecule has 1 aromatic carbocycles. The highest BCUT2D eigenvalue weighted by Crippen LogP contribution is 2.44. The van der Waals surface area contributed by atoms with Crippen LogP contribution < -0.4 is 20.5 Å². The van der Waals surface area contributed by atoms with Crippen LogP contribution in [0, 0.1) is 5.92 Å². The number of fused-ring (bicyclic) bond motifs is 1. The van der Waals surface area contributed by atoms with Gasteiger partial charge in [0.05, 0.1) is 23.9 Å². The van der Waals surface area contributed by atoms with Crippen LogP contribution in [0.4, 0.5) is 17.2 Å². The number of rotatable bonds is 5. The summed E-state index contributed by atoms with van der Waals surface area (Å²) in [5.41, 5.74) is 5.84. The Bertz CT molecular complexity index is 1240. The second kappa shape index (κ2) is 7.26. The number of pyridine rings is 1. The molecule has 31 heavy (non-hydrogen) atoms. The SMILES string of the molecule is COc1c(-c2ncn(C)n2)cccc1N1NC(=C=O)c2cnc(NC(=O)C3CC3)cc21. The highest BCUT2D eigenvalue weighted by atomic mass is 16.5. The number of aromatic nitrogens is 4. The zero-order valence-corrected chi connectivity index (χ0v) is 16.9. The second-order valence-electron chi connectivity index (χ2n) is 7.37. The molecule has 2 N–H and O–H groups in total. The maximum atomic E-state index is 12.2. The van der Waals surface area contributed by atoms with Gasteiger partial charge in [0.15, 0.2) is 17.5 Å². The second-order valence-corrected chi connectivity index (χ2v) is 7.37. The number of para-hydroxylation sites is 1. The summed E-state index contributed by atoms with van der Waals surface area (Å²) >= 11 is 0. The number of carbonyl (C=O) groups is 1. The number of carbonyl (C=O) groups excluding carboxylic acids is 2. The number of aryl methyl sites for hydroxylation is 1. The highest BCUT2D eigenvalue weighted by Gasteiger charge is 2.32. The first-order chi connectivity index (χ1) is 15.1. The first-order valence-electron chi connectivity index (χ1n) is 9.75. The smallest absolute Gasteiger partial charge is 0.228 e. The zero-order chi connectivity index (χ0) is 21.5. The first kappa shape index (κ1) is 18.8. The number of amides is 1. The maximum Gasteiger partial charge on any atom is 0.228 e. The molecule has 5 rings (SSSR count). The van der Waals surface area contributed by atoms with E-state index in [0.717, 1.165) is 12.8 Å². The lowest BCUT2D eigenvalue weighted by atomic mass is 10.1. The van der Waals surface area contributed by atoms with Gasteiger partial charge >= 0.3 is 0 Å². The van der Waals surface area contributed by atoms with Crippen LogP contribution in [0.5, 0.6) is 5.75 Å². The number of anilines is 3. The number of methoxy groups -OCH3 is 1. The van der Waals surface area contributed by atoms with Crippen LogP contribution in [0.25, 0.3) is 17.1 Å². The van der Waals surface area contributed by atoms with Gasteiger partial charge in [-0.2, -0.15) is 5.10 Å². The molecule has 2 aliphatic rings. The molecule has 0 atom stereocenters. The minimum atomic E-state index is -0.0445. The van der Waals surface area contributed by atoms with E-state index in [1.807, 2.05) is 24.1 Å². The molecular weight excluding hydrogens is 398 g/mol. The molecule has 3 heterocycles. The van der Waals surface area contributed by atoms with E-state index in [1.54, 1.807) is 42.4 Å². The van der Waals surface area contributed by atoms with E-state index in [0.29, 0.717) is 39.9 Å². The van der Waals surface area contributed by atoms with E-state index in [4.69, 9.17) is 4.74 Å². The molecule has 1 amide bonds. The molecule has 156 valence electrons. The number of hydrogen-bond donors (Lipinski definition) is 2. The van der Waals surface area contributed by atoms with Crippen molar-refractivity contribution in [3.05, 3.63) is 42.4 Å². The summed E-state index contributed by atoms with van der Waals surface area (Å²) in [6.07, 6.45) is 4.95. The lowest BCUT2D eigenvalue weighted by Gasteiger charge is -2.23. The van der Waals surface area contributed by atoms with Crippen LogP contribution >= 0.6 is 0 Å². The molecule has 0 bridgehead atoms. The largest absolute Gasteiger partial charge is 0.494 e. The fourth-order valence-corrected chi connectivity index (χ4v) is 3.52.